The van der Waals surface area contributed by atoms with E-state index in [1.807, 2.05) is 23.7 Å². The zero-order valence-corrected chi connectivity index (χ0v) is 23.4. The Morgan fingerprint density at radius 3 is 2.73 bits per heavy atom. The maximum absolute atomic E-state index is 14.2. The van der Waals surface area contributed by atoms with Crippen LogP contribution < -0.4 is 4.74 Å². The Morgan fingerprint density at radius 2 is 2.00 bits per heavy atom. The molecule has 10 heteroatoms. The molecule has 0 bridgehead atoms. The molecule has 7 rings (SSSR count). The van der Waals surface area contributed by atoms with Gasteiger partial charge in [-0.3, -0.25) is 4.90 Å². The lowest BCUT2D eigenvalue weighted by molar-refractivity contribution is 0.0367. The van der Waals surface area contributed by atoms with Crippen LogP contribution in [0.25, 0.3) is 21.9 Å². The first-order chi connectivity index (χ1) is 19.9. The first-order valence-electron chi connectivity index (χ1n) is 13.6. The second-order valence-corrected chi connectivity index (χ2v) is 10.7. The lowest BCUT2D eigenvalue weighted by atomic mass is 10.0. The number of nitrogens with zero attached hydrogens (tertiary/aromatic N) is 3. The van der Waals surface area contributed by atoms with Gasteiger partial charge in [0.2, 0.25) is 0 Å². The highest BCUT2D eigenvalue weighted by molar-refractivity contribution is 6.30. The molecule has 0 aliphatic carbocycles. The number of aryl methyl sites for hydroxylation is 1. The summed E-state index contributed by atoms with van der Waals surface area (Å²) in [5.41, 5.74) is 5.59. The fraction of sp³-hybridized carbons (Fsp3) is 0.290. The molecule has 0 spiro atoms. The van der Waals surface area contributed by atoms with Crippen molar-refractivity contribution in [1.29, 1.82) is 0 Å². The highest BCUT2D eigenvalue weighted by Gasteiger charge is 2.24. The summed E-state index contributed by atoms with van der Waals surface area (Å²) in [5.74, 6) is 0.226. The maximum Gasteiger partial charge on any atom is 0.335 e. The van der Waals surface area contributed by atoms with Gasteiger partial charge in [-0.25, -0.2) is 14.2 Å². The number of carboxylic acids is 1. The number of H-pyrrole nitrogens is 1. The van der Waals surface area contributed by atoms with Crippen molar-refractivity contribution in [3.8, 4) is 5.75 Å². The fourth-order valence-electron chi connectivity index (χ4n) is 5.17. The molecule has 0 atom stereocenters. The number of ether oxygens (including phenoxy) is 2. The number of benzene rings is 3. The molecular formula is C31H30ClFN4O4. The molecule has 5 aromatic rings. The number of aromatic carboxylic acids is 1. The van der Waals surface area contributed by atoms with Crippen molar-refractivity contribution in [3.05, 3.63) is 93.6 Å². The summed E-state index contributed by atoms with van der Waals surface area (Å²) in [6.07, 6.45) is 2.13. The predicted molar refractivity (Wildman–Crippen MR) is 155 cm³/mol. The Hall–Kier alpha value is -3.92. The molecule has 41 heavy (non-hydrogen) atoms. The minimum absolute atomic E-state index is 0.105. The summed E-state index contributed by atoms with van der Waals surface area (Å²) in [7, 11) is 1.92. The number of aromatic nitrogens is 3. The summed E-state index contributed by atoms with van der Waals surface area (Å²) in [6.45, 7) is 4.35. The molecule has 0 unspecified atom stereocenters. The van der Waals surface area contributed by atoms with Crippen molar-refractivity contribution in [2.45, 2.75) is 32.5 Å². The van der Waals surface area contributed by atoms with E-state index < -0.39 is 5.97 Å². The van der Waals surface area contributed by atoms with Crippen LogP contribution in [0.3, 0.4) is 0 Å². The molecule has 2 aromatic heterocycles. The molecule has 2 aliphatic rings. The predicted octanol–water partition coefficient (Wildman–Crippen LogP) is 6.09. The van der Waals surface area contributed by atoms with Crippen molar-refractivity contribution < 1.29 is 23.8 Å². The van der Waals surface area contributed by atoms with Crippen molar-refractivity contribution >= 4 is 39.5 Å². The third-order valence-corrected chi connectivity index (χ3v) is 7.85. The molecule has 8 nitrogen and oxygen atoms in total. The molecule has 0 amide bonds. The van der Waals surface area contributed by atoms with Crippen LogP contribution in [0.4, 0.5) is 4.39 Å². The number of halogens is 2. The molecule has 0 saturated carbocycles. The van der Waals surface area contributed by atoms with Gasteiger partial charge in [-0.15, -0.1) is 0 Å². The number of rotatable bonds is 6. The molecule has 3 aromatic carbocycles. The number of imidazole rings is 1. The van der Waals surface area contributed by atoms with E-state index in [-0.39, 0.29) is 18.0 Å². The molecule has 1 fully saturated rings. The third-order valence-electron chi connectivity index (χ3n) is 7.61. The van der Waals surface area contributed by atoms with Gasteiger partial charge >= 0.3 is 5.97 Å². The highest BCUT2D eigenvalue weighted by Crippen LogP contribution is 2.34. The van der Waals surface area contributed by atoms with Crippen LogP contribution in [0.15, 0.2) is 54.6 Å². The maximum atomic E-state index is 14.2. The number of hydrogen-bond donors (Lipinski definition) is 2. The quantitative estimate of drug-likeness (QED) is 0.254. The summed E-state index contributed by atoms with van der Waals surface area (Å²) in [5, 5.41) is 10.8. The fourth-order valence-corrected chi connectivity index (χ4v) is 5.33. The zero-order valence-electron chi connectivity index (χ0n) is 22.6. The van der Waals surface area contributed by atoms with Gasteiger partial charge in [-0.2, -0.15) is 0 Å². The Bertz CT molecular complexity index is 1740. The number of carbonyl (C=O) groups is 1. The minimum atomic E-state index is -0.950. The number of fused-ring (bicyclic) bond motifs is 4. The molecule has 0 radical (unpaired) electrons. The molecule has 1 saturated heterocycles. The summed E-state index contributed by atoms with van der Waals surface area (Å²) >= 11 is 5.86. The van der Waals surface area contributed by atoms with Gasteiger partial charge in [0.15, 0.2) is 0 Å². The third kappa shape index (κ3) is 5.66. The van der Waals surface area contributed by atoms with Gasteiger partial charge in [0.25, 0.3) is 0 Å². The normalized spacial score (nSPS) is 14.8. The van der Waals surface area contributed by atoms with Crippen LogP contribution in [-0.2, 0) is 37.9 Å². The monoisotopic (exact) mass is 576 g/mol. The van der Waals surface area contributed by atoms with Gasteiger partial charge in [0, 0.05) is 61.4 Å². The van der Waals surface area contributed by atoms with Crippen LogP contribution in [-0.4, -0.2) is 50.3 Å². The van der Waals surface area contributed by atoms with E-state index in [0.717, 1.165) is 60.5 Å². The molecular weight excluding hydrogens is 547 g/mol. The SMILES string of the molecule is C1COC1.Cn1c(CN2CCc3[nH]c4c(OCc5ccc(Cl)cc5F)cccc4c3C2)nc2ccc(C(=O)O)cc21. The van der Waals surface area contributed by atoms with Gasteiger partial charge in [-0.05, 0) is 48.4 Å². The number of para-hydroxylation sites is 1. The van der Waals surface area contributed by atoms with Crippen LogP contribution >= 0.6 is 11.6 Å². The molecule has 2 N–H and O–H groups in total. The van der Waals surface area contributed by atoms with Crippen molar-refractivity contribution in [2.24, 2.45) is 7.05 Å². The van der Waals surface area contributed by atoms with E-state index in [0.29, 0.717) is 22.9 Å². The Morgan fingerprint density at radius 1 is 1.20 bits per heavy atom. The number of carboxylic acid groups (broad SMARTS) is 1. The van der Waals surface area contributed by atoms with Crippen LogP contribution in [0.1, 0.15) is 39.4 Å². The summed E-state index contributed by atoms with van der Waals surface area (Å²) in [4.78, 5) is 22.0. The van der Waals surface area contributed by atoms with E-state index in [2.05, 4.69) is 16.0 Å². The molecule has 2 aliphatic heterocycles. The smallest absolute Gasteiger partial charge is 0.335 e. The largest absolute Gasteiger partial charge is 0.487 e. The average Bonchev–Trinajstić information content (AvgIpc) is 3.44. The van der Waals surface area contributed by atoms with Crippen molar-refractivity contribution in [3.63, 3.8) is 0 Å². The van der Waals surface area contributed by atoms with Crippen molar-refractivity contribution in [2.75, 3.05) is 19.8 Å². The van der Waals surface area contributed by atoms with E-state index in [1.54, 1.807) is 30.3 Å². The minimum Gasteiger partial charge on any atom is -0.487 e. The highest BCUT2D eigenvalue weighted by atomic mass is 35.5. The van der Waals surface area contributed by atoms with E-state index in [1.165, 1.54) is 23.7 Å². The number of aromatic amines is 1. The molecule has 212 valence electrons. The average molecular weight is 577 g/mol. The van der Waals surface area contributed by atoms with Crippen LogP contribution in [0.2, 0.25) is 5.02 Å². The Labute approximate surface area is 241 Å². The van der Waals surface area contributed by atoms with Gasteiger partial charge in [0.05, 0.1) is 28.7 Å². The van der Waals surface area contributed by atoms with Crippen molar-refractivity contribution in [1.82, 2.24) is 19.4 Å². The summed E-state index contributed by atoms with van der Waals surface area (Å²) < 4.78 is 26.9. The van der Waals surface area contributed by atoms with Crippen LogP contribution in [0, 0.1) is 5.82 Å². The topological polar surface area (TPSA) is 92.6 Å². The second-order valence-electron chi connectivity index (χ2n) is 10.3. The Balaban J connectivity index is 0.000000697. The van der Waals surface area contributed by atoms with Gasteiger partial charge < -0.3 is 24.1 Å². The lowest BCUT2D eigenvalue weighted by Gasteiger charge is -2.26. The summed E-state index contributed by atoms with van der Waals surface area (Å²) in [6, 6.07) is 15.5. The number of hydrogen-bond acceptors (Lipinski definition) is 5. The van der Waals surface area contributed by atoms with E-state index in [4.69, 9.17) is 26.1 Å². The van der Waals surface area contributed by atoms with Gasteiger partial charge in [-0.1, -0.05) is 29.8 Å². The first-order valence-corrected chi connectivity index (χ1v) is 13.9. The number of nitrogens with one attached hydrogen (secondary N) is 1. The van der Waals surface area contributed by atoms with E-state index >= 15 is 0 Å². The van der Waals surface area contributed by atoms with Crippen LogP contribution in [0.5, 0.6) is 5.75 Å². The Kier molecular flexibility index (Phi) is 7.66. The second kappa shape index (κ2) is 11.5. The molecule has 4 heterocycles. The van der Waals surface area contributed by atoms with Gasteiger partial charge in [0.1, 0.15) is 24.0 Å². The van der Waals surface area contributed by atoms with E-state index in [9.17, 15) is 14.3 Å². The lowest BCUT2D eigenvalue weighted by Crippen LogP contribution is -2.30. The zero-order chi connectivity index (χ0) is 28.5. The first kappa shape index (κ1) is 27.3. The standard InChI is InChI=1S/C28H24ClFN4O3.C3H6O/c1-33-24-11-16(28(35)36)6-8-23(24)31-26(33)14-34-10-9-22-20(13-34)19-3-2-4-25(27(19)32-22)37-15-17-5-7-18(29)12-21(17)30;1-2-4-3-1/h2-8,11-12,32H,9-10,13-15H2,1H3,(H,35,36);1-3H2.